The van der Waals surface area contributed by atoms with Crippen LogP contribution in [0, 0.1) is 11.2 Å². The molecule has 3 aromatic rings. The minimum absolute atomic E-state index is 0.0393. The van der Waals surface area contributed by atoms with E-state index in [0.29, 0.717) is 11.0 Å². The average molecular weight is 467 g/mol. The molecular formula is C24H27FN6O3. The predicted molar refractivity (Wildman–Crippen MR) is 123 cm³/mol. The van der Waals surface area contributed by atoms with E-state index in [-0.39, 0.29) is 46.4 Å². The van der Waals surface area contributed by atoms with Crippen LogP contribution in [-0.2, 0) is 16.6 Å². The first kappa shape index (κ1) is 22.1. The number of amides is 2. The van der Waals surface area contributed by atoms with Crippen LogP contribution in [-0.4, -0.2) is 26.8 Å². The SMILES string of the molecule is CC(C)n1nc(-c2ccc(CC(=O)Nc3cc(C45CC(C)(C4)C5)no3)c(F)c2)c(C(N)=O)c1N. The Labute approximate surface area is 195 Å². The fourth-order valence-electron chi connectivity index (χ4n) is 5.63. The first-order valence-electron chi connectivity index (χ1n) is 11.2. The summed E-state index contributed by atoms with van der Waals surface area (Å²) in [6.07, 6.45) is 3.08. The van der Waals surface area contributed by atoms with Gasteiger partial charge in [-0.2, -0.15) is 5.10 Å². The van der Waals surface area contributed by atoms with Crippen molar-refractivity contribution in [2.45, 2.75) is 57.9 Å². The molecule has 0 aliphatic heterocycles. The highest BCUT2D eigenvalue weighted by Crippen LogP contribution is 2.73. The number of nitrogen functional groups attached to an aromatic ring is 1. The zero-order valence-electron chi connectivity index (χ0n) is 19.3. The van der Waals surface area contributed by atoms with Crippen molar-refractivity contribution in [3.05, 3.63) is 46.9 Å². The van der Waals surface area contributed by atoms with E-state index in [0.717, 1.165) is 25.0 Å². The maximum atomic E-state index is 14.9. The van der Waals surface area contributed by atoms with Crippen molar-refractivity contribution in [3.8, 4) is 11.3 Å². The Morgan fingerprint density at radius 1 is 1.26 bits per heavy atom. The maximum absolute atomic E-state index is 14.9. The van der Waals surface area contributed by atoms with Crippen molar-refractivity contribution in [1.29, 1.82) is 0 Å². The third-order valence-corrected chi connectivity index (χ3v) is 6.97. The smallest absolute Gasteiger partial charge is 0.254 e. The molecule has 2 amide bonds. The highest BCUT2D eigenvalue weighted by atomic mass is 19.1. The first-order chi connectivity index (χ1) is 16.0. The Morgan fingerprint density at radius 2 is 1.97 bits per heavy atom. The number of nitrogens with one attached hydrogen (secondary N) is 1. The van der Waals surface area contributed by atoms with E-state index in [1.165, 1.54) is 16.8 Å². The van der Waals surface area contributed by atoms with Gasteiger partial charge in [-0.25, -0.2) is 9.07 Å². The number of anilines is 2. The molecule has 2 heterocycles. The number of primary amides is 1. The van der Waals surface area contributed by atoms with Crippen LogP contribution in [0.5, 0.6) is 0 Å². The fourth-order valence-corrected chi connectivity index (χ4v) is 5.63. The van der Waals surface area contributed by atoms with Crippen LogP contribution in [0.4, 0.5) is 16.1 Å². The Morgan fingerprint density at radius 3 is 2.56 bits per heavy atom. The van der Waals surface area contributed by atoms with Gasteiger partial charge in [-0.05, 0) is 50.2 Å². The van der Waals surface area contributed by atoms with Crippen LogP contribution in [0.1, 0.15) is 67.7 Å². The molecule has 9 nitrogen and oxygen atoms in total. The van der Waals surface area contributed by atoms with Crippen molar-refractivity contribution in [1.82, 2.24) is 14.9 Å². The van der Waals surface area contributed by atoms with Crippen molar-refractivity contribution in [2.75, 3.05) is 11.1 Å². The quantitative estimate of drug-likeness (QED) is 0.486. The van der Waals surface area contributed by atoms with Gasteiger partial charge in [0.15, 0.2) is 0 Å². The second kappa shape index (κ2) is 7.41. The van der Waals surface area contributed by atoms with E-state index >= 15 is 0 Å². The highest BCUT2D eigenvalue weighted by molar-refractivity contribution is 6.03. The van der Waals surface area contributed by atoms with Gasteiger partial charge >= 0.3 is 0 Å². The normalized spacial score (nSPS) is 22.9. The molecule has 2 bridgehead atoms. The predicted octanol–water partition coefficient (Wildman–Crippen LogP) is 3.56. The number of aromatic nitrogens is 3. The average Bonchev–Trinajstić information content (AvgIpc) is 3.30. The summed E-state index contributed by atoms with van der Waals surface area (Å²) in [5, 5.41) is 11.1. The van der Waals surface area contributed by atoms with Crippen LogP contribution in [0.2, 0.25) is 0 Å². The molecule has 6 rings (SSSR count). The second-order valence-corrected chi connectivity index (χ2v) is 10.2. The number of benzene rings is 1. The van der Waals surface area contributed by atoms with Crippen LogP contribution < -0.4 is 16.8 Å². The number of hydrogen-bond donors (Lipinski definition) is 3. The minimum Gasteiger partial charge on any atom is -0.383 e. The van der Waals surface area contributed by atoms with Gasteiger partial charge in [0.2, 0.25) is 11.8 Å². The molecule has 3 aliphatic rings. The van der Waals surface area contributed by atoms with Crippen molar-refractivity contribution in [2.24, 2.45) is 11.1 Å². The van der Waals surface area contributed by atoms with Gasteiger partial charge < -0.3 is 16.0 Å². The summed E-state index contributed by atoms with van der Waals surface area (Å²) in [4.78, 5) is 24.5. The summed E-state index contributed by atoms with van der Waals surface area (Å²) < 4.78 is 21.6. The topological polar surface area (TPSA) is 142 Å². The van der Waals surface area contributed by atoms with Crippen LogP contribution >= 0.6 is 0 Å². The number of carbonyl (C=O) groups is 2. The van der Waals surface area contributed by atoms with Gasteiger partial charge in [0.25, 0.3) is 5.91 Å². The lowest BCUT2D eigenvalue weighted by molar-refractivity contribution is -0.129. The lowest BCUT2D eigenvalue weighted by atomic mass is 9.35. The molecule has 178 valence electrons. The van der Waals surface area contributed by atoms with Crippen molar-refractivity contribution >= 4 is 23.5 Å². The van der Waals surface area contributed by atoms with E-state index in [4.69, 9.17) is 16.0 Å². The Bertz CT molecular complexity index is 1300. The minimum atomic E-state index is -0.748. The fraction of sp³-hybridized carbons (Fsp3) is 0.417. The van der Waals surface area contributed by atoms with Crippen LogP contribution in [0.3, 0.4) is 0 Å². The molecular weight excluding hydrogens is 439 g/mol. The number of nitrogens with zero attached hydrogens (tertiary/aromatic N) is 3. The van der Waals surface area contributed by atoms with E-state index in [9.17, 15) is 14.0 Å². The lowest BCUT2D eigenvalue weighted by Gasteiger charge is -2.68. The van der Waals surface area contributed by atoms with Gasteiger partial charge in [0.1, 0.15) is 22.9 Å². The Kier molecular flexibility index (Phi) is 4.82. The first-order valence-corrected chi connectivity index (χ1v) is 11.2. The van der Waals surface area contributed by atoms with E-state index in [1.54, 1.807) is 12.1 Å². The molecule has 0 radical (unpaired) electrons. The number of halogens is 1. The zero-order valence-corrected chi connectivity index (χ0v) is 19.3. The summed E-state index contributed by atoms with van der Waals surface area (Å²) in [5.41, 5.74) is 13.7. The van der Waals surface area contributed by atoms with Crippen LogP contribution in [0.15, 0.2) is 28.8 Å². The molecule has 0 spiro atoms. The molecule has 3 fully saturated rings. The molecule has 5 N–H and O–H groups in total. The molecule has 10 heteroatoms. The third-order valence-electron chi connectivity index (χ3n) is 6.97. The monoisotopic (exact) mass is 466 g/mol. The highest BCUT2D eigenvalue weighted by Gasteiger charge is 2.66. The van der Waals surface area contributed by atoms with Gasteiger partial charge in [0.05, 0.1) is 12.1 Å². The van der Waals surface area contributed by atoms with Gasteiger partial charge in [-0.1, -0.05) is 24.2 Å². The third kappa shape index (κ3) is 3.44. The molecule has 0 unspecified atom stereocenters. The summed E-state index contributed by atoms with van der Waals surface area (Å²) in [6, 6.07) is 5.93. The second-order valence-electron chi connectivity index (χ2n) is 10.2. The van der Waals surface area contributed by atoms with Crippen molar-refractivity contribution in [3.63, 3.8) is 0 Å². The molecule has 3 aliphatic carbocycles. The van der Waals surface area contributed by atoms with E-state index < -0.39 is 17.6 Å². The summed E-state index contributed by atoms with van der Waals surface area (Å²) in [7, 11) is 0. The maximum Gasteiger partial charge on any atom is 0.254 e. The summed E-state index contributed by atoms with van der Waals surface area (Å²) in [5.74, 6) is -1.40. The number of rotatable bonds is 7. The zero-order chi connectivity index (χ0) is 24.4. The molecule has 1 aromatic carbocycles. The molecule has 2 aromatic heterocycles. The van der Waals surface area contributed by atoms with Crippen molar-refractivity contribution < 1.29 is 18.5 Å². The van der Waals surface area contributed by atoms with Crippen LogP contribution in [0.25, 0.3) is 11.3 Å². The Balaban J connectivity index is 1.30. The molecule has 0 atom stereocenters. The van der Waals surface area contributed by atoms with E-state index in [2.05, 4.69) is 22.5 Å². The lowest BCUT2D eigenvalue weighted by Crippen LogP contribution is -2.62. The molecule has 0 saturated heterocycles. The van der Waals surface area contributed by atoms with Gasteiger partial charge in [0, 0.05) is 23.1 Å². The largest absolute Gasteiger partial charge is 0.383 e. The van der Waals surface area contributed by atoms with Gasteiger partial charge in [-0.15, -0.1) is 0 Å². The summed E-state index contributed by atoms with van der Waals surface area (Å²) in [6.45, 7) is 5.97. The van der Waals surface area contributed by atoms with E-state index in [1.807, 2.05) is 13.8 Å². The van der Waals surface area contributed by atoms with Gasteiger partial charge in [-0.3, -0.25) is 14.9 Å². The number of carbonyl (C=O) groups excluding carboxylic acids is 2. The Hall–Kier alpha value is -3.69. The summed E-state index contributed by atoms with van der Waals surface area (Å²) >= 11 is 0. The number of nitrogens with two attached hydrogens (primary N) is 2. The molecule has 3 saturated carbocycles. The number of hydrogen-bond acceptors (Lipinski definition) is 6. The molecule has 34 heavy (non-hydrogen) atoms. The standard InChI is InChI=1S/C24H27FN6O3/c1-12(2)31-21(26)19(22(27)33)20(29-31)14-5-4-13(15(25)6-14)7-17(32)28-18-8-16(30-34-18)24-9-23(3,10-24)11-24/h4-6,8,12H,7,9-11,26H2,1-3H3,(H2,27,33)(H,28,32).